The van der Waals surface area contributed by atoms with E-state index in [9.17, 15) is 9.90 Å². The van der Waals surface area contributed by atoms with E-state index in [1.165, 1.54) is 19.3 Å². The molecule has 0 radical (unpaired) electrons. The van der Waals surface area contributed by atoms with Crippen LogP contribution in [0.25, 0.3) is 10.9 Å². The van der Waals surface area contributed by atoms with Crippen LogP contribution in [0.5, 0.6) is 0 Å². The van der Waals surface area contributed by atoms with Crippen LogP contribution in [0, 0.1) is 0 Å². The number of rotatable bonds is 3. The standard InChI is InChI=1S/C18H21NO2/c1-2-12-9-6-10-14-15(18(20)21)11-16(19-17(12)14)13-7-4-3-5-8-13/h6,9-11,13H,2-5,7-8H2,1H3,(H,20,21). The Balaban J connectivity index is 2.19. The van der Waals surface area contributed by atoms with Gasteiger partial charge < -0.3 is 5.11 Å². The summed E-state index contributed by atoms with van der Waals surface area (Å²) in [4.78, 5) is 16.5. The van der Waals surface area contributed by atoms with Gasteiger partial charge in [0.25, 0.3) is 0 Å². The Morgan fingerprint density at radius 1 is 1.29 bits per heavy atom. The van der Waals surface area contributed by atoms with Crippen LogP contribution in [-0.4, -0.2) is 16.1 Å². The lowest BCUT2D eigenvalue weighted by Crippen LogP contribution is -2.10. The minimum atomic E-state index is -0.854. The van der Waals surface area contributed by atoms with Crippen molar-refractivity contribution >= 4 is 16.9 Å². The summed E-state index contributed by atoms with van der Waals surface area (Å²) < 4.78 is 0. The van der Waals surface area contributed by atoms with Crippen molar-refractivity contribution in [2.45, 2.75) is 51.4 Å². The second-order valence-corrected chi connectivity index (χ2v) is 5.90. The maximum absolute atomic E-state index is 11.6. The van der Waals surface area contributed by atoms with Gasteiger partial charge in [-0.3, -0.25) is 4.98 Å². The third kappa shape index (κ3) is 2.65. The molecule has 1 heterocycles. The summed E-state index contributed by atoms with van der Waals surface area (Å²) in [7, 11) is 0. The van der Waals surface area contributed by atoms with Crippen LogP contribution >= 0.6 is 0 Å². The summed E-state index contributed by atoms with van der Waals surface area (Å²) in [5.74, 6) is -0.432. The first-order valence-corrected chi connectivity index (χ1v) is 7.86. The van der Waals surface area contributed by atoms with E-state index >= 15 is 0 Å². The lowest BCUT2D eigenvalue weighted by molar-refractivity contribution is 0.0698. The minimum Gasteiger partial charge on any atom is -0.478 e. The number of aromatic carboxylic acids is 1. The van der Waals surface area contributed by atoms with E-state index in [0.717, 1.165) is 41.4 Å². The SMILES string of the molecule is CCc1cccc2c(C(=O)O)cc(C3CCCCC3)nc12. The fourth-order valence-electron chi connectivity index (χ4n) is 3.40. The van der Waals surface area contributed by atoms with Crippen molar-refractivity contribution < 1.29 is 9.90 Å². The first-order valence-electron chi connectivity index (χ1n) is 7.86. The van der Waals surface area contributed by atoms with Crippen molar-refractivity contribution in [2.24, 2.45) is 0 Å². The number of aromatic nitrogens is 1. The first-order chi connectivity index (χ1) is 10.2. The van der Waals surface area contributed by atoms with Gasteiger partial charge in [0.05, 0.1) is 11.1 Å². The van der Waals surface area contributed by atoms with Gasteiger partial charge in [0.2, 0.25) is 0 Å². The van der Waals surface area contributed by atoms with E-state index in [2.05, 4.69) is 6.92 Å². The Bertz CT molecular complexity index is 672. The number of para-hydroxylation sites is 1. The molecule has 1 aromatic carbocycles. The summed E-state index contributed by atoms with van der Waals surface area (Å²) in [5, 5.41) is 10.3. The molecule has 0 unspecified atom stereocenters. The van der Waals surface area contributed by atoms with Gasteiger partial charge >= 0.3 is 5.97 Å². The van der Waals surface area contributed by atoms with Crippen molar-refractivity contribution in [3.63, 3.8) is 0 Å². The van der Waals surface area contributed by atoms with Crippen molar-refractivity contribution in [3.05, 3.63) is 41.1 Å². The summed E-state index contributed by atoms with van der Waals surface area (Å²) in [6.45, 7) is 2.09. The maximum Gasteiger partial charge on any atom is 0.336 e. The predicted molar refractivity (Wildman–Crippen MR) is 83.9 cm³/mol. The number of aryl methyl sites for hydroxylation is 1. The molecule has 0 aliphatic heterocycles. The van der Waals surface area contributed by atoms with Gasteiger partial charge in [0.15, 0.2) is 0 Å². The highest BCUT2D eigenvalue weighted by atomic mass is 16.4. The zero-order chi connectivity index (χ0) is 14.8. The molecule has 0 spiro atoms. The fourth-order valence-corrected chi connectivity index (χ4v) is 3.40. The Kier molecular flexibility index (Phi) is 3.91. The molecular formula is C18H21NO2. The molecule has 0 saturated heterocycles. The molecule has 2 aromatic rings. The number of hydrogen-bond acceptors (Lipinski definition) is 2. The Hall–Kier alpha value is -1.90. The molecule has 3 nitrogen and oxygen atoms in total. The molecule has 1 aliphatic rings. The number of carbonyl (C=O) groups is 1. The van der Waals surface area contributed by atoms with Crippen LogP contribution in [0.3, 0.4) is 0 Å². The van der Waals surface area contributed by atoms with Gasteiger partial charge in [0, 0.05) is 17.0 Å². The molecule has 3 rings (SSSR count). The first kappa shape index (κ1) is 14.1. The molecule has 110 valence electrons. The number of carboxylic acid groups (broad SMARTS) is 1. The average Bonchev–Trinajstić information content (AvgIpc) is 2.53. The summed E-state index contributed by atoms with van der Waals surface area (Å²) in [6, 6.07) is 7.65. The van der Waals surface area contributed by atoms with E-state index < -0.39 is 5.97 Å². The van der Waals surface area contributed by atoms with Crippen LogP contribution < -0.4 is 0 Å². The lowest BCUT2D eigenvalue weighted by atomic mass is 9.85. The molecule has 0 amide bonds. The zero-order valence-corrected chi connectivity index (χ0v) is 12.4. The van der Waals surface area contributed by atoms with Crippen LogP contribution in [-0.2, 0) is 6.42 Å². The van der Waals surface area contributed by atoms with Crippen LogP contribution in [0.4, 0.5) is 0 Å². The molecule has 3 heteroatoms. The van der Waals surface area contributed by atoms with E-state index in [-0.39, 0.29) is 0 Å². The van der Waals surface area contributed by atoms with Crippen molar-refractivity contribution in [3.8, 4) is 0 Å². The average molecular weight is 283 g/mol. The Labute approximate surface area is 125 Å². The molecule has 1 saturated carbocycles. The van der Waals surface area contributed by atoms with Gasteiger partial charge in [-0.05, 0) is 30.9 Å². The van der Waals surface area contributed by atoms with Gasteiger partial charge in [-0.1, -0.05) is 44.4 Å². The highest BCUT2D eigenvalue weighted by molar-refractivity contribution is 6.03. The molecule has 21 heavy (non-hydrogen) atoms. The Morgan fingerprint density at radius 2 is 2.05 bits per heavy atom. The van der Waals surface area contributed by atoms with E-state index in [1.807, 2.05) is 18.2 Å². The number of fused-ring (bicyclic) bond motifs is 1. The highest BCUT2D eigenvalue weighted by Gasteiger charge is 2.21. The van der Waals surface area contributed by atoms with Crippen molar-refractivity contribution in [1.82, 2.24) is 4.98 Å². The third-order valence-corrected chi connectivity index (χ3v) is 4.58. The smallest absolute Gasteiger partial charge is 0.336 e. The lowest BCUT2D eigenvalue weighted by Gasteiger charge is -2.22. The molecular weight excluding hydrogens is 262 g/mol. The molecule has 0 bridgehead atoms. The van der Waals surface area contributed by atoms with E-state index in [1.54, 1.807) is 6.07 Å². The fraction of sp³-hybridized carbons (Fsp3) is 0.444. The normalized spacial score (nSPS) is 16.2. The summed E-state index contributed by atoms with van der Waals surface area (Å²) >= 11 is 0. The predicted octanol–water partition coefficient (Wildman–Crippen LogP) is 4.54. The number of pyridine rings is 1. The quantitative estimate of drug-likeness (QED) is 0.899. The Morgan fingerprint density at radius 3 is 2.71 bits per heavy atom. The number of benzene rings is 1. The van der Waals surface area contributed by atoms with E-state index in [4.69, 9.17) is 4.98 Å². The minimum absolute atomic E-state index is 0.399. The number of nitrogens with zero attached hydrogens (tertiary/aromatic N) is 1. The summed E-state index contributed by atoms with van der Waals surface area (Å²) in [5.41, 5.74) is 3.38. The molecule has 1 N–H and O–H groups in total. The largest absolute Gasteiger partial charge is 0.478 e. The molecule has 0 atom stereocenters. The molecule has 1 aliphatic carbocycles. The van der Waals surface area contributed by atoms with Crippen molar-refractivity contribution in [1.29, 1.82) is 0 Å². The topological polar surface area (TPSA) is 50.2 Å². The van der Waals surface area contributed by atoms with Gasteiger partial charge in [-0.2, -0.15) is 0 Å². The van der Waals surface area contributed by atoms with Crippen LogP contribution in [0.2, 0.25) is 0 Å². The second kappa shape index (κ2) is 5.84. The van der Waals surface area contributed by atoms with E-state index in [0.29, 0.717) is 11.5 Å². The molecule has 1 aromatic heterocycles. The van der Waals surface area contributed by atoms with Crippen LogP contribution in [0.15, 0.2) is 24.3 Å². The maximum atomic E-state index is 11.6. The van der Waals surface area contributed by atoms with Crippen LogP contribution in [0.1, 0.15) is 66.6 Å². The van der Waals surface area contributed by atoms with Gasteiger partial charge in [-0.15, -0.1) is 0 Å². The third-order valence-electron chi connectivity index (χ3n) is 4.58. The second-order valence-electron chi connectivity index (χ2n) is 5.90. The monoisotopic (exact) mass is 283 g/mol. The summed E-state index contributed by atoms with van der Waals surface area (Å²) in [6.07, 6.45) is 6.87. The molecule has 1 fully saturated rings. The number of carboxylic acids is 1. The zero-order valence-electron chi connectivity index (χ0n) is 12.4. The number of hydrogen-bond donors (Lipinski definition) is 1. The van der Waals surface area contributed by atoms with Crippen molar-refractivity contribution in [2.75, 3.05) is 0 Å². The highest BCUT2D eigenvalue weighted by Crippen LogP contribution is 2.34. The van der Waals surface area contributed by atoms with Gasteiger partial charge in [0.1, 0.15) is 0 Å². The van der Waals surface area contributed by atoms with Gasteiger partial charge in [-0.25, -0.2) is 4.79 Å².